The number of rotatable bonds is 11. The van der Waals surface area contributed by atoms with Crippen molar-refractivity contribution in [2.75, 3.05) is 29.8 Å². The van der Waals surface area contributed by atoms with Crippen LogP contribution in [0.4, 0.5) is 5.69 Å². The Balaban J connectivity index is 1.92. The van der Waals surface area contributed by atoms with Crippen LogP contribution < -0.4 is 19.1 Å². The van der Waals surface area contributed by atoms with Crippen molar-refractivity contribution in [3.8, 4) is 11.5 Å². The smallest absolute Gasteiger partial charge is 0.244 e. The monoisotopic (exact) mass is 517 g/mol. The predicted molar refractivity (Wildman–Crippen MR) is 139 cm³/mol. The standard InChI is InChI=1S/C26H35N3O6S/c1-5-19(3)27-26(31)20(4)28(17-21-10-8-7-9-11-21)25(30)18-29(36(32,33)6-2)22-12-13-23-24(16-22)35-15-14-34-23/h7-13,16,19-20H,5-6,14-15,17-18H2,1-4H3,(H,27,31)/t19-,20+/m1/s1. The lowest BCUT2D eigenvalue weighted by atomic mass is 10.1. The van der Waals surface area contributed by atoms with Gasteiger partial charge in [0.2, 0.25) is 21.8 Å². The van der Waals surface area contributed by atoms with E-state index >= 15 is 0 Å². The summed E-state index contributed by atoms with van der Waals surface area (Å²) >= 11 is 0. The third-order valence-electron chi connectivity index (χ3n) is 6.16. The van der Waals surface area contributed by atoms with Gasteiger partial charge in [0.15, 0.2) is 11.5 Å². The second-order valence-electron chi connectivity index (χ2n) is 8.74. The van der Waals surface area contributed by atoms with Crippen molar-refractivity contribution in [3.63, 3.8) is 0 Å². The average molecular weight is 518 g/mol. The maximum atomic E-state index is 13.7. The van der Waals surface area contributed by atoms with E-state index in [0.717, 1.165) is 16.3 Å². The molecule has 2 atom stereocenters. The summed E-state index contributed by atoms with van der Waals surface area (Å²) in [7, 11) is -3.82. The summed E-state index contributed by atoms with van der Waals surface area (Å²) in [5.41, 5.74) is 1.13. The SMILES string of the molecule is CC[C@@H](C)NC(=O)[C@H](C)N(Cc1ccccc1)C(=O)CN(c1ccc2c(c1)OCCO2)S(=O)(=O)CC. The van der Waals surface area contributed by atoms with E-state index in [2.05, 4.69) is 5.32 Å². The maximum absolute atomic E-state index is 13.7. The minimum Gasteiger partial charge on any atom is -0.486 e. The number of anilines is 1. The van der Waals surface area contributed by atoms with Gasteiger partial charge < -0.3 is 19.7 Å². The first-order chi connectivity index (χ1) is 17.2. The first-order valence-electron chi connectivity index (χ1n) is 12.2. The number of nitrogens with one attached hydrogen (secondary N) is 1. The van der Waals surface area contributed by atoms with Crippen LogP contribution in [0.25, 0.3) is 0 Å². The van der Waals surface area contributed by atoms with E-state index in [4.69, 9.17) is 9.47 Å². The van der Waals surface area contributed by atoms with Crippen LogP contribution in [0, 0.1) is 0 Å². The van der Waals surface area contributed by atoms with Gasteiger partial charge in [-0.1, -0.05) is 37.3 Å². The number of ether oxygens (including phenoxy) is 2. The topological polar surface area (TPSA) is 105 Å². The first kappa shape index (κ1) is 27.3. The van der Waals surface area contributed by atoms with Crippen LogP contribution in [-0.4, -0.2) is 62.7 Å². The molecule has 0 bridgehead atoms. The molecule has 0 saturated carbocycles. The zero-order chi connectivity index (χ0) is 26.3. The molecular formula is C26H35N3O6S. The van der Waals surface area contributed by atoms with E-state index in [0.29, 0.717) is 30.4 Å². The number of hydrogen-bond donors (Lipinski definition) is 1. The van der Waals surface area contributed by atoms with Gasteiger partial charge in [-0.2, -0.15) is 0 Å². The summed E-state index contributed by atoms with van der Waals surface area (Å²) in [6.07, 6.45) is 0.748. The molecule has 0 aliphatic carbocycles. The van der Waals surface area contributed by atoms with Crippen LogP contribution in [0.2, 0.25) is 0 Å². The Hall–Kier alpha value is -3.27. The van der Waals surface area contributed by atoms with Crippen molar-refractivity contribution in [1.82, 2.24) is 10.2 Å². The molecule has 1 N–H and O–H groups in total. The van der Waals surface area contributed by atoms with Crippen LogP contribution in [0.1, 0.15) is 39.7 Å². The summed E-state index contributed by atoms with van der Waals surface area (Å²) in [4.78, 5) is 28.0. The van der Waals surface area contributed by atoms with E-state index in [1.165, 1.54) is 11.8 Å². The van der Waals surface area contributed by atoms with Crippen molar-refractivity contribution in [2.24, 2.45) is 0 Å². The number of hydrogen-bond acceptors (Lipinski definition) is 6. The quantitative estimate of drug-likeness (QED) is 0.491. The number of carbonyl (C=O) groups excluding carboxylic acids is 2. The Morgan fingerprint density at radius 3 is 2.31 bits per heavy atom. The van der Waals surface area contributed by atoms with E-state index in [9.17, 15) is 18.0 Å². The van der Waals surface area contributed by atoms with Gasteiger partial charge in [-0.15, -0.1) is 0 Å². The third kappa shape index (κ3) is 6.69. The van der Waals surface area contributed by atoms with Crippen molar-refractivity contribution in [1.29, 1.82) is 0 Å². The van der Waals surface area contributed by atoms with Crippen LogP contribution in [0.5, 0.6) is 11.5 Å². The normalized spacial score (nSPS) is 14.4. The van der Waals surface area contributed by atoms with Gasteiger partial charge in [-0.25, -0.2) is 8.42 Å². The molecule has 2 aromatic carbocycles. The highest BCUT2D eigenvalue weighted by Crippen LogP contribution is 2.35. The molecule has 10 heteroatoms. The van der Waals surface area contributed by atoms with Gasteiger partial charge in [-0.05, 0) is 44.9 Å². The first-order valence-corrected chi connectivity index (χ1v) is 13.8. The average Bonchev–Trinajstić information content (AvgIpc) is 2.89. The van der Waals surface area contributed by atoms with Gasteiger partial charge in [-0.3, -0.25) is 13.9 Å². The molecule has 0 unspecified atom stereocenters. The van der Waals surface area contributed by atoms with Crippen LogP contribution in [0.15, 0.2) is 48.5 Å². The lowest BCUT2D eigenvalue weighted by Crippen LogP contribution is -2.52. The van der Waals surface area contributed by atoms with E-state index in [-0.39, 0.29) is 24.2 Å². The summed E-state index contributed by atoms with van der Waals surface area (Å²) in [6.45, 7) is 7.50. The molecule has 1 heterocycles. The van der Waals surface area contributed by atoms with Gasteiger partial charge in [0.25, 0.3) is 0 Å². The number of sulfonamides is 1. The molecule has 0 fully saturated rings. The molecular weight excluding hydrogens is 482 g/mol. The molecule has 0 radical (unpaired) electrons. The maximum Gasteiger partial charge on any atom is 0.244 e. The van der Waals surface area contributed by atoms with Crippen molar-refractivity contribution in [3.05, 3.63) is 54.1 Å². The molecule has 196 valence electrons. The Morgan fingerprint density at radius 2 is 1.67 bits per heavy atom. The molecule has 2 amide bonds. The second-order valence-corrected chi connectivity index (χ2v) is 10.9. The third-order valence-corrected chi connectivity index (χ3v) is 7.90. The fraction of sp³-hybridized carbons (Fsp3) is 0.462. The Labute approximate surface area is 213 Å². The van der Waals surface area contributed by atoms with Crippen molar-refractivity contribution >= 4 is 27.5 Å². The van der Waals surface area contributed by atoms with Crippen LogP contribution in [0.3, 0.4) is 0 Å². The van der Waals surface area contributed by atoms with E-state index in [1.807, 2.05) is 44.2 Å². The zero-order valence-corrected chi connectivity index (χ0v) is 22.1. The Kier molecular flexibility index (Phi) is 9.19. The second kappa shape index (κ2) is 12.1. The predicted octanol–water partition coefficient (Wildman–Crippen LogP) is 2.95. The van der Waals surface area contributed by atoms with Crippen molar-refractivity contribution in [2.45, 2.75) is 52.7 Å². The molecule has 1 aliphatic rings. The van der Waals surface area contributed by atoms with E-state index < -0.39 is 28.5 Å². The van der Waals surface area contributed by atoms with Gasteiger partial charge in [0, 0.05) is 18.7 Å². The minimum absolute atomic E-state index is 0.0525. The number of benzene rings is 2. The van der Waals surface area contributed by atoms with E-state index in [1.54, 1.807) is 25.1 Å². The molecule has 0 saturated heterocycles. The molecule has 36 heavy (non-hydrogen) atoms. The molecule has 9 nitrogen and oxygen atoms in total. The summed E-state index contributed by atoms with van der Waals surface area (Å²) < 4.78 is 38.4. The number of amides is 2. The number of nitrogens with zero attached hydrogens (tertiary/aromatic N) is 2. The van der Waals surface area contributed by atoms with Gasteiger partial charge >= 0.3 is 0 Å². The molecule has 3 rings (SSSR count). The Bertz CT molecular complexity index is 1160. The highest BCUT2D eigenvalue weighted by atomic mass is 32.2. The van der Waals surface area contributed by atoms with Crippen LogP contribution >= 0.6 is 0 Å². The fourth-order valence-corrected chi connectivity index (χ4v) is 4.79. The lowest BCUT2D eigenvalue weighted by Gasteiger charge is -2.32. The molecule has 2 aromatic rings. The Morgan fingerprint density at radius 1 is 1.00 bits per heavy atom. The summed E-state index contributed by atoms with van der Waals surface area (Å²) in [5, 5.41) is 2.92. The fourth-order valence-electron chi connectivity index (χ4n) is 3.74. The highest BCUT2D eigenvalue weighted by Gasteiger charge is 2.31. The van der Waals surface area contributed by atoms with Crippen molar-refractivity contribution < 1.29 is 27.5 Å². The molecule has 0 spiro atoms. The van der Waals surface area contributed by atoms with Crippen LogP contribution in [-0.2, 0) is 26.2 Å². The minimum atomic E-state index is -3.82. The number of fused-ring (bicyclic) bond motifs is 1. The number of carbonyl (C=O) groups is 2. The summed E-state index contributed by atoms with van der Waals surface area (Å²) in [5.74, 6) is -0.0381. The summed E-state index contributed by atoms with van der Waals surface area (Å²) in [6, 6.07) is 13.2. The zero-order valence-electron chi connectivity index (χ0n) is 21.3. The van der Waals surface area contributed by atoms with Gasteiger partial charge in [0.1, 0.15) is 25.8 Å². The molecule has 1 aliphatic heterocycles. The largest absolute Gasteiger partial charge is 0.486 e. The van der Waals surface area contributed by atoms with Gasteiger partial charge in [0.05, 0.1) is 11.4 Å². The molecule has 0 aromatic heterocycles. The lowest BCUT2D eigenvalue weighted by molar-refractivity contribution is -0.139. The highest BCUT2D eigenvalue weighted by molar-refractivity contribution is 7.92.